The summed E-state index contributed by atoms with van der Waals surface area (Å²) in [5.74, 6) is 0. The van der Waals surface area contributed by atoms with Crippen LogP contribution >= 0.6 is 0 Å². The van der Waals surface area contributed by atoms with Crippen LogP contribution in [0.1, 0.15) is 67.7 Å². The van der Waals surface area contributed by atoms with Crippen molar-refractivity contribution in [1.29, 1.82) is 0 Å². The highest BCUT2D eigenvalue weighted by atomic mass is 28.4. The van der Waals surface area contributed by atoms with E-state index in [-0.39, 0.29) is 16.6 Å². The van der Waals surface area contributed by atoms with Crippen LogP contribution in [0.15, 0.2) is 16.3 Å². The normalized spacial score (nSPS) is 28.7. The molecule has 1 aliphatic heterocycles. The van der Waals surface area contributed by atoms with Gasteiger partial charge in [-0.3, -0.25) is 0 Å². The molecule has 3 nitrogen and oxygen atoms in total. The fourth-order valence-electron chi connectivity index (χ4n) is 3.82. The van der Waals surface area contributed by atoms with Gasteiger partial charge in [0.1, 0.15) is 0 Å². The molecule has 1 heterocycles. The van der Waals surface area contributed by atoms with Crippen molar-refractivity contribution in [3.63, 3.8) is 0 Å². The van der Waals surface area contributed by atoms with Gasteiger partial charge in [-0.25, -0.2) is 0 Å². The standard InChI is InChI=1S/C19H35NO2Si/c1-13-10-15(22-23(8,9)18(3,4)5)12-19(6,7)17(13)16-11-14(2)20-21-16/h15-16H,10-12H2,1-9H3. The van der Waals surface area contributed by atoms with Gasteiger partial charge in [-0.05, 0) is 55.8 Å². The largest absolute Gasteiger partial charge is 0.414 e. The van der Waals surface area contributed by atoms with E-state index in [9.17, 15) is 0 Å². The molecule has 0 fully saturated rings. The van der Waals surface area contributed by atoms with E-state index in [1.165, 1.54) is 11.1 Å². The van der Waals surface area contributed by atoms with E-state index in [1.54, 1.807) is 0 Å². The average Bonchev–Trinajstić information content (AvgIpc) is 2.70. The molecule has 0 spiro atoms. The van der Waals surface area contributed by atoms with Gasteiger partial charge in [0.25, 0.3) is 0 Å². The maximum absolute atomic E-state index is 6.72. The zero-order chi connectivity index (χ0) is 17.6. The highest BCUT2D eigenvalue weighted by molar-refractivity contribution is 6.74. The number of rotatable bonds is 3. The van der Waals surface area contributed by atoms with Crippen molar-refractivity contribution in [2.24, 2.45) is 10.6 Å². The maximum Gasteiger partial charge on any atom is 0.192 e. The minimum atomic E-state index is -1.73. The fraction of sp³-hybridized carbons (Fsp3) is 0.842. The van der Waals surface area contributed by atoms with Crippen LogP contribution in [0.5, 0.6) is 0 Å². The Morgan fingerprint density at radius 3 is 2.22 bits per heavy atom. The van der Waals surface area contributed by atoms with Crippen LogP contribution in [0, 0.1) is 5.41 Å². The summed E-state index contributed by atoms with van der Waals surface area (Å²) in [7, 11) is -1.73. The molecule has 2 atom stereocenters. The Labute approximate surface area is 143 Å². The second kappa shape index (κ2) is 6.03. The Bertz CT molecular complexity index is 526. The minimum Gasteiger partial charge on any atom is -0.414 e. The van der Waals surface area contributed by atoms with Crippen LogP contribution in [-0.2, 0) is 9.26 Å². The molecule has 0 radical (unpaired) electrons. The Morgan fingerprint density at radius 2 is 1.78 bits per heavy atom. The van der Waals surface area contributed by atoms with E-state index in [0.717, 1.165) is 25.0 Å². The number of hydrogen-bond acceptors (Lipinski definition) is 3. The summed E-state index contributed by atoms with van der Waals surface area (Å²) in [6.45, 7) is 20.6. The summed E-state index contributed by atoms with van der Waals surface area (Å²) >= 11 is 0. The van der Waals surface area contributed by atoms with E-state index < -0.39 is 8.32 Å². The third-order valence-corrected chi connectivity index (χ3v) is 10.4. The van der Waals surface area contributed by atoms with Crippen LogP contribution in [0.4, 0.5) is 0 Å². The van der Waals surface area contributed by atoms with Gasteiger partial charge >= 0.3 is 0 Å². The first-order valence-corrected chi connectivity index (χ1v) is 11.8. The molecule has 132 valence electrons. The van der Waals surface area contributed by atoms with Crippen molar-refractivity contribution in [3.05, 3.63) is 11.1 Å². The van der Waals surface area contributed by atoms with Crippen molar-refractivity contribution >= 4 is 14.0 Å². The predicted molar refractivity (Wildman–Crippen MR) is 100 cm³/mol. The van der Waals surface area contributed by atoms with Crippen LogP contribution in [-0.4, -0.2) is 26.2 Å². The molecule has 2 unspecified atom stereocenters. The molecule has 1 aliphatic carbocycles. The summed E-state index contributed by atoms with van der Waals surface area (Å²) in [6, 6.07) is 0. The second-order valence-electron chi connectivity index (χ2n) is 9.61. The Hall–Kier alpha value is -0.613. The maximum atomic E-state index is 6.72. The molecule has 0 aromatic rings. The minimum absolute atomic E-state index is 0.111. The van der Waals surface area contributed by atoms with Gasteiger partial charge in [-0.1, -0.05) is 45.3 Å². The lowest BCUT2D eigenvalue weighted by Gasteiger charge is -2.45. The third kappa shape index (κ3) is 3.90. The van der Waals surface area contributed by atoms with Crippen molar-refractivity contribution in [2.45, 2.75) is 98.1 Å². The zero-order valence-electron chi connectivity index (χ0n) is 16.5. The fourth-order valence-corrected chi connectivity index (χ4v) is 5.17. The van der Waals surface area contributed by atoms with Gasteiger partial charge in [-0.15, -0.1) is 0 Å². The summed E-state index contributed by atoms with van der Waals surface area (Å²) in [5, 5.41) is 4.42. The second-order valence-corrected chi connectivity index (χ2v) is 14.4. The molecule has 0 aromatic heterocycles. The topological polar surface area (TPSA) is 30.8 Å². The van der Waals surface area contributed by atoms with Gasteiger partial charge in [-0.2, -0.15) is 0 Å². The number of nitrogens with zero attached hydrogens (tertiary/aromatic N) is 1. The smallest absolute Gasteiger partial charge is 0.192 e. The number of oxime groups is 1. The zero-order valence-corrected chi connectivity index (χ0v) is 17.5. The van der Waals surface area contributed by atoms with Crippen molar-refractivity contribution in [3.8, 4) is 0 Å². The van der Waals surface area contributed by atoms with E-state index in [4.69, 9.17) is 9.26 Å². The SMILES string of the molecule is CC1=NOC(C2=C(C)CC(O[Si](C)(C)C(C)(C)C)CC2(C)C)C1. The lowest BCUT2D eigenvalue weighted by molar-refractivity contribution is 0.0673. The highest BCUT2D eigenvalue weighted by Crippen LogP contribution is 2.47. The molecular weight excluding hydrogens is 302 g/mol. The predicted octanol–water partition coefficient (Wildman–Crippen LogP) is 5.68. The molecular formula is C19H35NO2Si. The molecule has 0 saturated heterocycles. The quantitative estimate of drug-likeness (QED) is 0.490. The van der Waals surface area contributed by atoms with Crippen molar-refractivity contribution in [1.82, 2.24) is 0 Å². The van der Waals surface area contributed by atoms with Crippen LogP contribution in [0.3, 0.4) is 0 Å². The first-order valence-electron chi connectivity index (χ1n) is 8.91. The first-order chi connectivity index (χ1) is 10.3. The third-order valence-electron chi connectivity index (χ3n) is 5.87. The van der Waals surface area contributed by atoms with E-state index in [0.29, 0.717) is 6.10 Å². The summed E-state index contributed by atoms with van der Waals surface area (Å²) in [4.78, 5) is 5.70. The van der Waals surface area contributed by atoms with Crippen molar-refractivity contribution < 1.29 is 9.26 Å². The molecule has 2 rings (SSSR count). The molecule has 0 amide bonds. The monoisotopic (exact) mass is 337 g/mol. The lowest BCUT2D eigenvalue weighted by atomic mass is 9.69. The molecule has 0 saturated carbocycles. The van der Waals surface area contributed by atoms with Crippen LogP contribution in [0.25, 0.3) is 0 Å². The van der Waals surface area contributed by atoms with Gasteiger partial charge in [0.2, 0.25) is 0 Å². The Morgan fingerprint density at radius 1 is 1.17 bits per heavy atom. The molecule has 0 N–H and O–H groups in total. The Kier molecular flexibility index (Phi) is 4.91. The molecule has 2 aliphatic rings. The van der Waals surface area contributed by atoms with E-state index >= 15 is 0 Å². The number of hydrogen-bond donors (Lipinski definition) is 0. The van der Waals surface area contributed by atoms with Crippen molar-refractivity contribution in [2.75, 3.05) is 0 Å². The highest BCUT2D eigenvalue weighted by Gasteiger charge is 2.44. The van der Waals surface area contributed by atoms with Crippen LogP contribution in [0.2, 0.25) is 18.1 Å². The average molecular weight is 338 g/mol. The molecule has 4 heteroatoms. The van der Waals surface area contributed by atoms with Gasteiger partial charge in [0.15, 0.2) is 14.4 Å². The molecule has 23 heavy (non-hydrogen) atoms. The van der Waals surface area contributed by atoms with E-state index in [1.807, 2.05) is 0 Å². The van der Waals surface area contributed by atoms with Gasteiger partial charge < -0.3 is 9.26 Å². The van der Waals surface area contributed by atoms with Gasteiger partial charge in [0, 0.05) is 12.5 Å². The first kappa shape index (κ1) is 18.7. The van der Waals surface area contributed by atoms with E-state index in [2.05, 4.69) is 66.7 Å². The van der Waals surface area contributed by atoms with Gasteiger partial charge in [0.05, 0.1) is 5.71 Å². The molecule has 0 bridgehead atoms. The summed E-state index contributed by atoms with van der Waals surface area (Å²) in [5.41, 5.74) is 4.11. The van der Waals surface area contributed by atoms with Crippen LogP contribution < -0.4 is 0 Å². The Balaban J connectivity index is 2.18. The summed E-state index contributed by atoms with van der Waals surface area (Å²) < 4.78 is 6.72. The summed E-state index contributed by atoms with van der Waals surface area (Å²) in [6.07, 6.45) is 3.51. The molecule has 0 aromatic carbocycles. The lowest BCUT2D eigenvalue weighted by Crippen LogP contribution is -2.46.